The summed E-state index contributed by atoms with van der Waals surface area (Å²) in [7, 11) is 0. The average Bonchev–Trinajstić information content (AvgIpc) is 3.06. The molecule has 2 amide bonds. The van der Waals surface area contributed by atoms with E-state index in [-0.39, 0.29) is 6.03 Å². The van der Waals surface area contributed by atoms with Crippen molar-refractivity contribution in [2.24, 2.45) is 0 Å². The molecule has 23 heavy (non-hydrogen) atoms. The molecule has 2 heterocycles. The number of rotatable bonds is 3. The fraction of sp³-hybridized carbons (Fsp3) is 0.312. The van der Waals surface area contributed by atoms with E-state index in [1.54, 1.807) is 23.3 Å². The Morgan fingerprint density at radius 2 is 1.96 bits per heavy atom. The summed E-state index contributed by atoms with van der Waals surface area (Å²) in [5.74, 6) is -0.492. The van der Waals surface area contributed by atoms with Crippen LogP contribution < -0.4 is 10.2 Å². The highest BCUT2D eigenvalue weighted by Gasteiger charge is 2.22. The number of piperazine rings is 1. The molecular formula is C16H17F2N3O2. The van der Waals surface area contributed by atoms with Gasteiger partial charge in [0.1, 0.15) is 17.4 Å². The summed E-state index contributed by atoms with van der Waals surface area (Å²) in [6, 6.07) is 6.91. The predicted octanol–water partition coefficient (Wildman–Crippen LogP) is 2.59. The Labute approximate surface area is 132 Å². The number of furan rings is 1. The first-order valence-electron chi connectivity index (χ1n) is 7.38. The number of urea groups is 1. The van der Waals surface area contributed by atoms with E-state index in [0.29, 0.717) is 44.2 Å². The summed E-state index contributed by atoms with van der Waals surface area (Å²) < 4.78 is 31.9. The minimum atomic E-state index is -0.595. The second-order valence-electron chi connectivity index (χ2n) is 5.31. The minimum Gasteiger partial charge on any atom is -0.467 e. The van der Waals surface area contributed by atoms with Crippen molar-refractivity contribution in [3.8, 4) is 0 Å². The number of hydrogen-bond donors (Lipinski definition) is 1. The zero-order valence-electron chi connectivity index (χ0n) is 12.5. The molecule has 0 saturated carbocycles. The Kier molecular flexibility index (Phi) is 4.45. The van der Waals surface area contributed by atoms with Crippen LogP contribution in [0.25, 0.3) is 0 Å². The molecule has 1 fully saturated rings. The number of halogens is 2. The fourth-order valence-corrected chi connectivity index (χ4v) is 2.58. The van der Waals surface area contributed by atoms with Gasteiger partial charge in [-0.3, -0.25) is 0 Å². The Morgan fingerprint density at radius 3 is 2.61 bits per heavy atom. The highest BCUT2D eigenvalue weighted by atomic mass is 19.1. The standard InChI is InChI=1S/C16H17F2N3O2/c17-12-3-4-15(14(18)10-12)20-5-7-21(8-6-20)16(22)19-11-13-2-1-9-23-13/h1-4,9-10H,5-8,11H2,(H,19,22). The molecule has 1 aliphatic heterocycles. The van der Waals surface area contributed by atoms with Crippen LogP contribution >= 0.6 is 0 Å². The molecule has 1 N–H and O–H groups in total. The molecule has 0 bridgehead atoms. The lowest BCUT2D eigenvalue weighted by Gasteiger charge is -2.36. The minimum absolute atomic E-state index is 0.180. The van der Waals surface area contributed by atoms with Crippen LogP contribution in [0.4, 0.5) is 19.3 Å². The highest BCUT2D eigenvalue weighted by Crippen LogP contribution is 2.21. The Morgan fingerprint density at radius 1 is 1.17 bits per heavy atom. The van der Waals surface area contributed by atoms with Crippen molar-refractivity contribution in [3.63, 3.8) is 0 Å². The molecule has 5 nitrogen and oxygen atoms in total. The van der Waals surface area contributed by atoms with Gasteiger partial charge in [-0.25, -0.2) is 13.6 Å². The Balaban J connectivity index is 1.52. The monoisotopic (exact) mass is 321 g/mol. The second-order valence-corrected chi connectivity index (χ2v) is 5.31. The highest BCUT2D eigenvalue weighted by molar-refractivity contribution is 5.74. The molecule has 1 aliphatic rings. The molecule has 122 valence electrons. The molecule has 0 aliphatic carbocycles. The topological polar surface area (TPSA) is 48.7 Å². The van der Waals surface area contributed by atoms with Gasteiger partial charge in [0, 0.05) is 32.2 Å². The SMILES string of the molecule is O=C(NCc1ccco1)N1CCN(c2ccc(F)cc2F)CC1. The molecule has 1 aromatic heterocycles. The molecule has 0 spiro atoms. The van der Waals surface area contributed by atoms with Gasteiger partial charge in [0.05, 0.1) is 18.5 Å². The molecule has 1 saturated heterocycles. The maximum atomic E-state index is 13.8. The summed E-state index contributed by atoms with van der Waals surface area (Å²) in [4.78, 5) is 15.6. The van der Waals surface area contributed by atoms with E-state index in [9.17, 15) is 13.6 Å². The Bertz CT molecular complexity index is 668. The number of nitrogens with one attached hydrogen (secondary N) is 1. The van der Waals surface area contributed by atoms with Crippen molar-refractivity contribution in [1.29, 1.82) is 0 Å². The molecular weight excluding hydrogens is 304 g/mol. The van der Waals surface area contributed by atoms with Gasteiger partial charge in [0.15, 0.2) is 0 Å². The van der Waals surface area contributed by atoms with Gasteiger partial charge in [0.25, 0.3) is 0 Å². The van der Waals surface area contributed by atoms with Gasteiger partial charge >= 0.3 is 6.03 Å². The first-order valence-corrected chi connectivity index (χ1v) is 7.38. The molecule has 0 radical (unpaired) electrons. The van der Waals surface area contributed by atoms with Crippen LogP contribution in [0, 0.1) is 11.6 Å². The lowest BCUT2D eigenvalue weighted by atomic mass is 10.2. The molecule has 0 unspecified atom stereocenters. The average molecular weight is 321 g/mol. The third kappa shape index (κ3) is 3.61. The number of nitrogens with zero attached hydrogens (tertiary/aromatic N) is 2. The van der Waals surface area contributed by atoms with E-state index >= 15 is 0 Å². The van der Waals surface area contributed by atoms with E-state index in [1.165, 1.54) is 12.1 Å². The number of carbonyl (C=O) groups excluding carboxylic acids is 1. The lowest BCUT2D eigenvalue weighted by Crippen LogP contribution is -2.51. The van der Waals surface area contributed by atoms with Crippen LogP contribution in [-0.4, -0.2) is 37.1 Å². The van der Waals surface area contributed by atoms with E-state index in [2.05, 4.69) is 5.32 Å². The molecule has 1 aromatic carbocycles. The van der Waals surface area contributed by atoms with Crippen LogP contribution in [0.2, 0.25) is 0 Å². The van der Waals surface area contributed by atoms with Gasteiger partial charge in [0.2, 0.25) is 0 Å². The van der Waals surface area contributed by atoms with E-state index in [1.807, 2.05) is 4.90 Å². The maximum absolute atomic E-state index is 13.8. The second kappa shape index (κ2) is 6.68. The van der Waals surface area contributed by atoms with E-state index in [0.717, 1.165) is 6.07 Å². The number of carbonyl (C=O) groups is 1. The first kappa shape index (κ1) is 15.3. The van der Waals surface area contributed by atoms with Crippen molar-refractivity contribution in [1.82, 2.24) is 10.2 Å². The quantitative estimate of drug-likeness (QED) is 0.945. The van der Waals surface area contributed by atoms with Gasteiger partial charge in [-0.05, 0) is 24.3 Å². The lowest BCUT2D eigenvalue weighted by molar-refractivity contribution is 0.193. The summed E-state index contributed by atoms with van der Waals surface area (Å²) in [5.41, 5.74) is 0.363. The normalized spacial score (nSPS) is 14.9. The molecule has 7 heteroatoms. The number of hydrogen-bond acceptors (Lipinski definition) is 3. The van der Waals surface area contributed by atoms with Crippen LogP contribution in [-0.2, 0) is 6.54 Å². The van der Waals surface area contributed by atoms with Crippen molar-refractivity contribution in [3.05, 3.63) is 54.0 Å². The van der Waals surface area contributed by atoms with Gasteiger partial charge < -0.3 is 19.5 Å². The summed E-state index contributed by atoms with van der Waals surface area (Å²) in [6.45, 7) is 2.27. The molecule has 0 atom stereocenters. The first-order chi connectivity index (χ1) is 11.1. The number of amides is 2. The third-order valence-corrected chi connectivity index (χ3v) is 3.81. The van der Waals surface area contributed by atoms with E-state index in [4.69, 9.17) is 4.42 Å². The van der Waals surface area contributed by atoms with Crippen molar-refractivity contribution < 1.29 is 18.0 Å². The van der Waals surface area contributed by atoms with Crippen LogP contribution in [0.1, 0.15) is 5.76 Å². The predicted molar refractivity (Wildman–Crippen MR) is 81.1 cm³/mol. The largest absolute Gasteiger partial charge is 0.467 e. The number of benzene rings is 1. The summed E-state index contributed by atoms with van der Waals surface area (Å²) in [6.07, 6.45) is 1.55. The van der Waals surface area contributed by atoms with Crippen LogP contribution in [0.15, 0.2) is 41.0 Å². The summed E-state index contributed by atoms with van der Waals surface area (Å²) in [5, 5.41) is 2.78. The zero-order valence-corrected chi connectivity index (χ0v) is 12.5. The smallest absolute Gasteiger partial charge is 0.317 e. The molecule has 3 rings (SSSR count). The van der Waals surface area contributed by atoms with Gasteiger partial charge in [-0.1, -0.05) is 0 Å². The van der Waals surface area contributed by atoms with Crippen molar-refractivity contribution in [2.45, 2.75) is 6.54 Å². The van der Waals surface area contributed by atoms with Crippen molar-refractivity contribution >= 4 is 11.7 Å². The zero-order chi connectivity index (χ0) is 16.2. The number of anilines is 1. The van der Waals surface area contributed by atoms with Gasteiger partial charge in [-0.2, -0.15) is 0 Å². The van der Waals surface area contributed by atoms with E-state index < -0.39 is 11.6 Å². The fourth-order valence-electron chi connectivity index (χ4n) is 2.58. The Hall–Kier alpha value is -2.57. The van der Waals surface area contributed by atoms with Crippen LogP contribution in [0.5, 0.6) is 0 Å². The third-order valence-electron chi connectivity index (χ3n) is 3.81. The van der Waals surface area contributed by atoms with Crippen LogP contribution in [0.3, 0.4) is 0 Å². The maximum Gasteiger partial charge on any atom is 0.317 e. The summed E-state index contributed by atoms with van der Waals surface area (Å²) >= 11 is 0. The van der Waals surface area contributed by atoms with Gasteiger partial charge in [-0.15, -0.1) is 0 Å². The molecule has 2 aromatic rings. The van der Waals surface area contributed by atoms with Crippen molar-refractivity contribution in [2.75, 3.05) is 31.1 Å².